The first-order valence-corrected chi connectivity index (χ1v) is 5.67. The molecule has 19 heavy (non-hydrogen) atoms. The SMILES string of the molecule is O=Cc1c[nH]c2cc(C(O)C(O)CC(=O)O)ccc12. The van der Waals surface area contributed by atoms with Crippen molar-refractivity contribution in [2.45, 2.75) is 18.6 Å². The molecule has 1 heterocycles. The first-order chi connectivity index (χ1) is 9.02. The minimum atomic E-state index is -1.38. The molecule has 0 amide bonds. The minimum absolute atomic E-state index is 0.389. The van der Waals surface area contributed by atoms with Crippen LogP contribution in [0.1, 0.15) is 28.4 Å². The summed E-state index contributed by atoms with van der Waals surface area (Å²) >= 11 is 0. The van der Waals surface area contributed by atoms with Gasteiger partial charge in [-0.2, -0.15) is 0 Å². The van der Waals surface area contributed by atoms with Gasteiger partial charge in [-0.05, 0) is 11.6 Å². The van der Waals surface area contributed by atoms with E-state index in [0.717, 1.165) is 0 Å². The van der Waals surface area contributed by atoms with Crippen LogP contribution >= 0.6 is 0 Å². The number of carboxylic acid groups (broad SMARTS) is 1. The highest BCUT2D eigenvalue weighted by atomic mass is 16.4. The molecule has 1 aromatic heterocycles. The van der Waals surface area contributed by atoms with Crippen molar-refractivity contribution in [3.8, 4) is 0 Å². The van der Waals surface area contributed by atoms with Crippen LogP contribution < -0.4 is 0 Å². The molecule has 0 bridgehead atoms. The molecule has 4 N–H and O–H groups in total. The maximum atomic E-state index is 10.8. The fourth-order valence-electron chi connectivity index (χ4n) is 1.96. The van der Waals surface area contributed by atoms with Crippen molar-refractivity contribution < 1.29 is 24.9 Å². The highest BCUT2D eigenvalue weighted by Gasteiger charge is 2.21. The van der Waals surface area contributed by atoms with Crippen molar-refractivity contribution in [1.82, 2.24) is 4.98 Å². The summed E-state index contributed by atoms with van der Waals surface area (Å²) in [6.07, 6.45) is -0.946. The standard InChI is InChI=1S/C13H13NO5/c15-6-8-5-14-10-3-7(1-2-9(8)10)13(19)11(16)4-12(17)18/h1-3,5-6,11,13-14,16,19H,4H2,(H,17,18). The third-order valence-corrected chi connectivity index (χ3v) is 2.95. The number of aliphatic carboxylic acids is 1. The average molecular weight is 263 g/mol. The smallest absolute Gasteiger partial charge is 0.306 e. The average Bonchev–Trinajstić information content (AvgIpc) is 2.78. The number of benzene rings is 1. The zero-order valence-electron chi connectivity index (χ0n) is 9.91. The molecule has 100 valence electrons. The second kappa shape index (κ2) is 5.21. The van der Waals surface area contributed by atoms with E-state index < -0.39 is 24.6 Å². The first kappa shape index (κ1) is 13.3. The van der Waals surface area contributed by atoms with Gasteiger partial charge < -0.3 is 20.3 Å². The summed E-state index contributed by atoms with van der Waals surface area (Å²) in [4.78, 5) is 24.1. The highest BCUT2D eigenvalue weighted by Crippen LogP contribution is 2.24. The third-order valence-electron chi connectivity index (χ3n) is 2.95. The van der Waals surface area contributed by atoms with Crippen molar-refractivity contribution in [1.29, 1.82) is 0 Å². The lowest BCUT2D eigenvalue weighted by Crippen LogP contribution is -2.21. The fourth-order valence-corrected chi connectivity index (χ4v) is 1.96. The number of aliphatic hydroxyl groups excluding tert-OH is 2. The zero-order chi connectivity index (χ0) is 14.0. The number of H-pyrrole nitrogens is 1. The number of aromatic amines is 1. The summed E-state index contributed by atoms with van der Waals surface area (Å²) in [5.74, 6) is -1.18. The van der Waals surface area contributed by atoms with Gasteiger partial charge in [-0.25, -0.2) is 0 Å². The molecule has 0 saturated heterocycles. The predicted octanol–water partition coefficient (Wildman–Crippen LogP) is 0.849. The van der Waals surface area contributed by atoms with E-state index in [1.165, 1.54) is 0 Å². The molecule has 1 aromatic carbocycles. The topological polar surface area (TPSA) is 111 Å². The quantitative estimate of drug-likeness (QED) is 0.598. The van der Waals surface area contributed by atoms with Gasteiger partial charge in [0, 0.05) is 22.7 Å². The molecule has 0 spiro atoms. The molecule has 0 aliphatic carbocycles. The molecule has 6 nitrogen and oxygen atoms in total. The van der Waals surface area contributed by atoms with Gasteiger partial charge in [-0.1, -0.05) is 12.1 Å². The van der Waals surface area contributed by atoms with E-state index >= 15 is 0 Å². The third kappa shape index (κ3) is 2.64. The highest BCUT2D eigenvalue weighted by molar-refractivity contribution is 5.97. The normalized spacial score (nSPS) is 14.2. The first-order valence-electron chi connectivity index (χ1n) is 5.67. The largest absolute Gasteiger partial charge is 0.481 e. The van der Waals surface area contributed by atoms with E-state index in [9.17, 15) is 19.8 Å². The number of hydrogen-bond acceptors (Lipinski definition) is 4. The maximum absolute atomic E-state index is 10.8. The van der Waals surface area contributed by atoms with Crippen LogP contribution in [-0.4, -0.2) is 38.7 Å². The van der Waals surface area contributed by atoms with Crippen molar-refractivity contribution in [2.75, 3.05) is 0 Å². The van der Waals surface area contributed by atoms with Crippen LogP contribution in [0.15, 0.2) is 24.4 Å². The van der Waals surface area contributed by atoms with Gasteiger partial charge in [0.2, 0.25) is 0 Å². The monoisotopic (exact) mass is 263 g/mol. The Kier molecular flexibility index (Phi) is 3.64. The Balaban J connectivity index is 2.30. The predicted molar refractivity (Wildman–Crippen MR) is 66.9 cm³/mol. The second-order valence-electron chi connectivity index (χ2n) is 4.28. The lowest BCUT2D eigenvalue weighted by molar-refractivity contribution is -0.141. The molecule has 0 aliphatic rings. The molecule has 0 radical (unpaired) electrons. The molecule has 0 saturated carbocycles. The number of carboxylic acids is 1. The Morgan fingerprint density at radius 3 is 2.74 bits per heavy atom. The Hall–Kier alpha value is -2.18. The number of rotatable bonds is 5. The van der Waals surface area contributed by atoms with Crippen molar-refractivity contribution in [3.05, 3.63) is 35.5 Å². The molecule has 2 rings (SSSR count). The van der Waals surface area contributed by atoms with Gasteiger partial charge in [0.1, 0.15) is 6.10 Å². The summed E-state index contributed by atoms with van der Waals surface area (Å²) in [6.45, 7) is 0. The Bertz CT molecular complexity index is 619. The number of hydrogen-bond donors (Lipinski definition) is 4. The van der Waals surface area contributed by atoms with E-state index in [1.54, 1.807) is 24.4 Å². The van der Waals surface area contributed by atoms with Crippen LogP contribution in [0, 0.1) is 0 Å². The van der Waals surface area contributed by atoms with E-state index in [1.807, 2.05) is 0 Å². The summed E-state index contributed by atoms with van der Waals surface area (Å²) in [5.41, 5.74) is 1.53. The summed E-state index contributed by atoms with van der Waals surface area (Å²) in [7, 11) is 0. The summed E-state index contributed by atoms with van der Waals surface area (Å²) in [6, 6.07) is 4.78. The van der Waals surface area contributed by atoms with Crippen LogP contribution in [0.3, 0.4) is 0 Å². The zero-order valence-corrected chi connectivity index (χ0v) is 9.91. The number of aromatic nitrogens is 1. The number of aldehydes is 1. The molecule has 0 fully saturated rings. The number of aliphatic hydroxyl groups is 2. The van der Waals surface area contributed by atoms with Crippen molar-refractivity contribution in [2.24, 2.45) is 0 Å². The maximum Gasteiger partial charge on any atom is 0.306 e. The van der Waals surface area contributed by atoms with Gasteiger partial charge in [-0.3, -0.25) is 9.59 Å². The lowest BCUT2D eigenvalue weighted by atomic mass is 10.0. The van der Waals surface area contributed by atoms with Crippen molar-refractivity contribution in [3.63, 3.8) is 0 Å². The molecule has 6 heteroatoms. The van der Waals surface area contributed by atoms with Gasteiger partial charge in [0.25, 0.3) is 0 Å². The van der Waals surface area contributed by atoms with E-state index in [4.69, 9.17) is 5.11 Å². The lowest BCUT2D eigenvalue weighted by Gasteiger charge is -2.16. The van der Waals surface area contributed by atoms with Crippen LogP contribution in [0.4, 0.5) is 0 Å². The Labute approximate surface area is 108 Å². The van der Waals surface area contributed by atoms with E-state index in [2.05, 4.69) is 4.98 Å². The molecular weight excluding hydrogens is 250 g/mol. The second-order valence-corrected chi connectivity index (χ2v) is 4.28. The number of carbonyl (C=O) groups excluding carboxylic acids is 1. The molecule has 2 unspecified atom stereocenters. The van der Waals surface area contributed by atoms with E-state index in [0.29, 0.717) is 28.3 Å². The van der Waals surface area contributed by atoms with Crippen LogP contribution in [-0.2, 0) is 4.79 Å². The van der Waals surface area contributed by atoms with E-state index in [-0.39, 0.29) is 0 Å². The van der Waals surface area contributed by atoms with Crippen molar-refractivity contribution >= 4 is 23.2 Å². The van der Waals surface area contributed by atoms with Gasteiger partial charge in [0.15, 0.2) is 6.29 Å². The Morgan fingerprint density at radius 1 is 1.37 bits per heavy atom. The number of carbonyl (C=O) groups is 2. The van der Waals surface area contributed by atoms with Gasteiger partial charge >= 0.3 is 5.97 Å². The number of nitrogens with one attached hydrogen (secondary N) is 1. The summed E-state index contributed by atoms with van der Waals surface area (Å²) < 4.78 is 0. The van der Waals surface area contributed by atoms with Crippen LogP contribution in [0.2, 0.25) is 0 Å². The molecular formula is C13H13NO5. The van der Waals surface area contributed by atoms with Gasteiger partial charge in [-0.15, -0.1) is 0 Å². The minimum Gasteiger partial charge on any atom is -0.481 e. The van der Waals surface area contributed by atoms with Crippen LogP contribution in [0.25, 0.3) is 10.9 Å². The molecule has 2 aromatic rings. The Morgan fingerprint density at radius 2 is 2.11 bits per heavy atom. The van der Waals surface area contributed by atoms with Gasteiger partial charge in [0.05, 0.1) is 12.5 Å². The fraction of sp³-hybridized carbons (Fsp3) is 0.231. The molecule has 2 atom stereocenters. The summed E-state index contributed by atoms with van der Waals surface area (Å²) in [5, 5.41) is 28.7. The van der Waals surface area contributed by atoms with Crippen LogP contribution in [0.5, 0.6) is 0 Å². The molecule has 0 aliphatic heterocycles. The number of fused-ring (bicyclic) bond motifs is 1.